The molecule has 5 heteroatoms. The normalized spacial score (nSPS) is 19.1. The highest BCUT2D eigenvalue weighted by molar-refractivity contribution is 5.56. The quantitative estimate of drug-likeness (QED) is 0.874. The first-order valence-electron chi connectivity index (χ1n) is 6.62. The number of nitrogens with zero attached hydrogens (tertiary/aromatic N) is 3. The molecule has 3 rings (SSSR count). The Morgan fingerprint density at radius 2 is 2.05 bits per heavy atom. The Kier molecular flexibility index (Phi) is 3.65. The molecular formula is C14H17N5. The van der Waals surface area contributed by atoms with Gasteiger partial charge in [-0.15, -0.1) is 0 Å². The number of aromatic nitrogens is 3. The Hall–Kier alpha value is -2.01. The second kappa shape index (κ2) is 5.75. The van der Waals surface area contributed by atoms with Crippen LogP contribution in [0.15, 0.2) is 36.8 Å². The molecule has 1 aliphatic heterocycles. The molecule has 1 fully saturated rings. The first-order valence-corrected chi connectivity index (χ1v) is 6.62. The summed E-state index contributed by atoms with van der Waals surface area (Å²) < 4.78 is 0. The van der Waals surface area contributed by atoms with Crippen molar-refractivity contribution in [3.63, 3.8) is 0 Å². The third kappa shape index (κ3) is 3.06. The Balaban J connectivity index is 1.68. The van der Waals surface area contributed by atoms with Crippen LogP contribution >= 0.6 is 0 Å². The Bertz CT molecular complexity index is 505. The molecule has 0 spiro atoms. The van der Waals surface area contributed by atoms with Crippen LogP contribution < -0.4 is 10.6 Å². The van der Waals surface area contributed by atoms with E-state index in [0.717, 1.165) is 24.3 Å². The van der Waals surface area contributed by atoms with Crippen molar-refractivity contribution in [1.29, 1.82) is 0 Å². The first kappa shape index (κ1) is 12.0. The van der Waals surface area contributed by atoms with Crippen LogP contribution in [0.5, 0.6) is 0 Å². The SMILES string of the molecule is c1ccc(-c2cnc(NC3CCCNC3)nc2)nc1. The minimum absolute atomic E-state index is 0.425. The van der Waals surface area contributed by atoms with Gasteiger partial charge in [0.25, 0.3) is 0 Å². The molecular weight excluding hydrogens is 238 g/mol. The number of hydrogen-bond donors (Lipinski definition) is 2. The fourth-order valence-electron chi connectivity index (χ4n) is 2.23. The molecule has 1 atom stereocenters. The minimum Gasteiger partial charge on any atom is -0.350 e. The molecule has 0 aliphatic carbocycles. The summed E-state index contributed by atoms with van der Waals surface area (Å²) in [6, 6.07) is 6.24. The van der Waals surface area contributed by atoms with E-state index in [1.165, 1.54) is 12.8 Å². The summed E-state index contributed by atoms with van der Waals surface area (Å²) in [6.45, 7) is 2.09. The van der Waals surface area contributed by atoms with E-state index in [9.17, 15) is 0 Å². The first-order chi connectivity index (χ1) is 9.42. The summed E-state index contributed by atoms with van der Waals surface area (Å²) >= 11 is 0. The van der Waals surface area contributed by atoms with Crippen molar-refractivity contribution in [2.45, 2.75) is 18.9 Å². The van der Waals surface area contributed by atoms with Crippen LogP contribution in [-0.2, 0) is 0 Å². The van der Waals surface area contributed by atoms with Crippen molar-refractivity contribution in [2.75, 3.05) is 18.4 Å². The average molecular weight is 255 g/mol. The van der Waals surface area contributed by atoms with Crippen LogP contribution in [0.3, 0.4) is 0 Å². The maximum Gasteiger partial charge on any atom is 0.222 e. The summed E-state index contributed by atoms with van der Waals surface area (Å²) in [6.07, 6.45) is 7.76. The maximum absolute atomic E-state index is 4.36. The highest BCUT2D eigenvalue weighted by atomic mass is 15.1. The predicted molar refractivity (Wildman–Crippen MR) is 74.8 cm³/mol. The van der Waals surface area contributed by atoms with Gasteiger partial charge in [-0.3, -0.25) is 4.98 Å². The van der Waals surface area contributed by atoms with Gasteiger partial charge in [-0.2, -0.15) is 0 Å². The molecule has 0 radical (unpaired) electrons. The number of hydrogen-bond acceptors (Lipinski definition) is 5. The molecule has 3 heterocycles. The van der Waals surface area contributed by atoms with Crippen LogP contribution in [-0.4, -0.2) is 34.1 Å². The third-order valence-corrected chi connectivity index (χ3v) is 3.24. The summed E-state index contributed by atoms with van der Waals surface area (Å²) in [7, 11) is 0. The zero-order valence-corrected chi connectivity index (χ0v) is 10.7. The predicted octanol–water partition coefficient (Wildman–Crippen LogP) is 1.70. The smallest absolute Gasteiger partial charge is 0.222 e. The molecule has 1 saturated heterocycles. The molecule has 5 nitrogen and oxygen atoms in total. The van der Waals surface area contributed by atoms with Gasteiger partial charge in [-0.25, -0.2) is 9.97 Å². The van der Waals surface area contributed by atoms with Crippen LogP contribution in [0.2, 0.25) is 0 Å². The van der Waals surface area contributed by atoms with E-state index in [1.54, 1.807) is 6.20 Å². The van der Waals surface area contributed by atoms with Gasteiger partial charge in [-0.05, 0) is 31.5 Å². The van der Waals surface area contributed by atoms with Crippen molar-refractivity contribution in [3.8, 4) is 11.3 Å². The van der Waals surface area contributed by atoms with Gasteiger partial charge in [0, 0.05) is 36.7 Å². The molecule has 0 saturated carbocycles. The monoisotopic (exact) mass is 255 g/mol. The third-order valence-electron chi connectivity index (χ3n) is 3.24. The molecule has 0 amide bonds. The van der Waals surface area contributed by atoms with Crippen LogP contribution in [0, 0.1) is 0 Å². The molecule has 0 bridgehead atoms. The summed E-state index contributed by atoms with van der Waals surface area (Å²) in [5.74, 6) is 0.688. The molecule has 2 aromatic rings. The van der Waals surface area contributed by atoms with Gasteiger partial charge in [0.05, 0.1) is 5.69 Å². The van der Waals surface area contributed by atoms with E-state index in [1.807, 2.05) is 30.6 Å². The van der Waals surface area contributed by atoms with Gasteiger partial charge in [-0.1, -0.05) is 6.07 Å². The lowest BCUT2D eigenvalue weighted by Gasteiger charge is -2.23. The lowest BCUT2D eigenvalue weighted by atomic mass is 10.1. The molecule has 19 heavy (non-hydrogen) atoms. The second-order valence-corrected chi connectivity index (χ2v) is 4.70. The lowest BCUT2D eigenvalue weighted by molar-refractivity contribution is 0.478. The zero-order valence-electron chi connectivity index (χ0n) is 10.7. The van der Waals surface area contributed by atoms with Gasteiger partial charge >= 0.3 is 0 Å². The molecule has 98 valence electrons. The van der Waals surface area contributed by atoms with Crippen LogP contribution in [0.4, 0.5) is 5.95 Å². The number of piperidine rings is 1. The molecule has 1 unspecified atom stereocenters. The Morgan fingerprint density at radius 3 is 2.74 bits per heavy atom. The topological polar surface area (TPSA) is 62.7 Å². The Morgan fingerprint density at radius 1 is 1.16 bits per heavy atom. The van der Waals surface area contributed by atoms with Crippen molar-refractivity contribution in [3.05, 3.63) is 36.8 Å². The van der Waals surface area contributed by atoms with Crippen molar-refractivity contribution in [2.24, 2.45) is 0 Å². The van der Waals surface area contributed by atoms with Crippen molar-refractivity contribution < 1.29 is 0 Å². The number of anilines is 1. The Labute approximate surface area is 112 Å². The molecule has 2 aromatic heterocycles. The maximum atomic E-state index is 4.36. The van der Waals surface area contributed by atoms with Crippen molar-refractivity contribution in [1.82, 2.24) is 20.3 Å². The van der Waals surface area contributed by atoms with E-state index >= 15 is 0 Å². The van der Waals surface area contributed by atoms with Gasteiger partial charge in [0.1, 0.15) is 0 Å². The van der Waals surface area contributed by atoms with E-state index in [0.29, 0.717) is 12.0 Å². The van der Waals surface area contributed by atoms with Crippen molar-refractivity contribution >= 4 is 5.95 Å². The fourth-order valence-corrected chi connectivity index (χ4v) is 2.23. The number of nitrogens with one attached hydrogen (secondary N) is 2. The van der Waals surface area contributed by atoms with Crippen LogP contribution in [0.1, 0.15) is 12.8 Å². The summed E-state index contributed by atoms with van der Waals surface area (Å²) in [5.41, 5.74) is 1.83. The highest BCUT2D eigenvalue weighted by Gasteiger charge is 2.13. The van der Waals surface area contributed by atoms with Crippen LogP contribution in [0.25, 0.3) is 11.3 Å². The number of rotatable bonds is 3. The standard InChI is InChI=1S/C14H17N5/c1-2-7-16-13(5-1)11-8-17-14(18-9-11)19-12-4-3-6-15-10-12/h1-2,5,7-9,12,15H,3-4,6,10H2,(H,17,18,19). The van der Waals surface area contributed by atoms with E-state index in [-0.39, 0.29) is 0 Å². The summed E-state index contributed by atoms with van der Waals surface area (Å²) in [4.78, 5) is 13.0. The second-order valence-electron chi connectivity index (χ2n) is 4.70. The van der Waals surface area contributed by atoms with E-state index < -0.39 is 0 Å². The highest BCUT2D eigenvalue weighted by Crippen LogP contribution is 2.15. The molecule has 1 aliphatic rings. The van der Waals surface area contributed by atoms with Gasteiger partial charge in [0.15, 0.2) is 0 Å². The summed E-state index contributed by atoms with van der Waals surface area (Å²) in [5, 5.41) is 6.72. The lowest BCUT2D eigenvalue weighted by Crippen LogP contribution is -2.38. The fraction of sp³-hybridized carbons (Fsp3) is 0.357. The largest absolute Gasteiger partial charge is 0.350 e. The van der Waals surface area contributed by atoms with Gasteiger partial charge in [0.2, 0.25) is 5.95 Å². The minimum atomic E-state index is 0.425. The number of pyridine rings is 1. The molecule has 2 N–H and O–H groups in total. The van der Waals surface area contributed by atoms with Gasteiger partial charge < -0.3 is 10.6 Å². The van der Waals surface area contributed by atoms with E-state index in [2.05, 4.69) is 25.6 Å². The van der Waals surface area contributed by atoms with E-state index in [4.69, 9.17) is 0 Å². The average Bonchev–Trinajstić information content (AvgIpc) is 2.50. The molecule has 0 aromatic carbocycles. The zero-order chi connectivity index (χ0) is 12.9.